The number of nitrogens with zero attached hydrogens (tertiary/aromatic N) is 1. The van der Waals surface area contributed by atoms with Crippen LogP contribution in [0, 0.1) is 0 Å². The molecule has 1 aliphatic heterocycles. The summed E-state index contributed by atoms with van der Waals surface area (Å²) >= 11 is 0. The second-order valence-corrected chi connectivity index (χ2v) is 5.78. The van der Waals surface area contributed by atoms with Gasteiger partial charge in [-0.3, -0.25) is 4.21 Å². The second kappa shape index (κ2) is 4.58. The van der Waals surface area contributed by atoms with E-state index in [-0.39, 0.29) is 0 Å². The van der Waals surface area contributed by atoms with E-state index in [0.29, 0.717) is 17.0 Å². The summed E-state index contributed by atoms with van der Waals surface area (Å²) in [5.74, 6) is 0.653. The first-order chi connectivity index (χ1) is 8.33. The summed E-state index contributed by atoms with van der Waals surface area (Å²) in [5, 5.41) is 3.95. The van der Waals surface area contributed by atoms with E-state index in [2.05, 4.69) is 15.3 Å². The van der Waals surface area contributed by atoms with Crippen molar-refractivity contribution in [2.24, 2.45) is 0 Å². The SMILES string of the molecule is O=[S@](C[C@@H]1CCCN1)c1nc2ccccc2[nH]1. The smallest absolute Gasteiger partial charge is 0.197 e. The van der Waals surface area contributed by atoms with Gasteiger partial charge in [0.05, 0.1) is 21.8 Å². The lowest BCUT2D eigenvalue weighted by atomic mass is 10.3. The molecule has 1 fully saturated rings. The summed E-state index contributed by atoms with van der Waals surface area (Å²) in [7, 11) is -1.04. The Labute approximate surface area is 102 Å². The van der Waals surface area contributed by atoms with Gasteiger partial charge >= 0.3 is 0 Å². The summed E-state index contributed by atoms with van der Waals surface area (Å²) in [5.41, 5.74) is 1.84. The topological polar surface area (TPSA) is 57.8 Å². The van der Waals surface area contributed by atoms with Crippen LogP contribution >= 0.6 is 0 Å². The van der Waals surface area contributed by atoms with E-state index in [1.165, 1.54) is 6.42 Å². The first kappa shape index (κ1) is 10.9. The molecule has 0 bridgehead atoms. The zero-order valence-electron chi connectivity index (χ0n) is 9.48. The maximum atomic E-state index is 12.1. The zero-order chi connectivity index (χ0) is 11.7. The third-order valence-electron chi connectivity index (χ3n) is 3.10. The number of aromatic nitrogens is 2. The molecule has 2 aromatic rings. The van der Waals surface area contributed by atoms with Crippen molar-refractivity contribution in [1.82, 2.24) is 15.3 Å². The van der Waals surface area contributed by atoms with Crippen LogP contribution in [0.25, 0.3) is 11.0 Å². The molecule has 2 heterocycles. The quantitative estimate of drug-likeness (QED) is 0.865. The normalized spacial score (nSPS) is 22.0. The van der Waals surface area contributed by atoms with Crippen molar-refractivity contribution in [3.05, 3.63) is 24.3 Å². The molecule has 2 atom stereocenters. The van der Waals surface area contributed by atoms with Gasteiger partial charge in [-0.15, -0.1) is 0 Å². The van der Waals surface area contributed by atoms with Crippen molar-refractivity contribution in [1.29, 1.82) is 0 Å². The minimum absolute atomic E-state index is 0.379. The van der Waals surface area contributed by atoms with E-state index >= 15 is 0 Å². The Balaban J connectivity index is 1.80. The van der Waals surface area contributed by atoms with Crippen LogP contribution in [0.2, 0.25) is 0 Å². The highest BCUT2D eigenvalue weighted by Gasteiger charge is 2.19. The third kappa shape index (κ3) is 2.25. The zero-order valence-corrected chi connectivity index (χ0v) is 10.3. The predicted molar refractivity (Wildman–Crippen MR) is 68.4 cm³/mol. The van der Waals surface area contributed by atoms with E-state index in [4.69, 9.17) is 0 Å². The third-order valence-corrected chi connectivity index (χ3v) is 4.43. The Hall–Kier alpha value is -1.20. The van der Waals surface area contributed by atoms with E-state index in [1.54, 1.807) is 0 Å². The van der Waals surface area contributed by atoms with Crippen LogP contribution in [-0.4, -0.2) is 32.5 Å². The van der Waals surface area contributed by atoms with E-state index in [0.717, 1.165) is 24.0 Å². The minimum Gasteiger partial charge on any atom is -0.331 e. The molecular formula is C12H15N3OS. The number of rotatable bonds is 3. The molecule has 1 aromatic heterocycles. The molecule has 0 unspecified atom stereocenters. The number of hydrogen-bond acceptors (Lipinski definition) is 3. The molecular weight excluding hydrogens is 234 g/mol. The number of imidazole rings is 1. The highest BCUT2D eigenvalue weighted by Crippen LogP contribution is 2.15. The predicted octanol–water partition coefficient (Wildman–Crippen LogP) is 1.42. The molecule has 2 N–H and O–H groups in total. The van der Waals surface area contributed by atoms with Crippen LogP contribution in [0.3, 0.4) is 0 Å². The van der Waals surface area contributed by atoms with Crippen LogP contribution in [0.15, 0.2) is 29.4 Å². The lowest BCUT2D eigenvalue weighted by molar-refractivity contribution is 0.639. The van der Waals surface area contributed by atoms with Gasteiger partial charge in [0.15, 0.2) is 5.16 Å². The van der Waals surface area contributed by atoms with Gasteiger partial charge < -0.3 is 10.3 Å². The number of para-hydroxylation sites is 2. The van der Waals surface area contributed by atoms with E-state index < -0.39 is 10.8 Å². The molecule has 3 rings (SSSR count). The second-order valence-electron chi connectivity index (χ2n) is 4.36. The van der Waals surface area contributed by atoms with E-state index in [9.17, 15) is 4.21 Å². The maximum Gasteiger partial charge on any atom is 0.197 e. The molecule has 0 spiro atoms. The highest BCUT2D eigenvalue weighted by atomic mass is 32.2. The average molecular weight is 249 g/mol. The Kier molecular flexibility index (Phi) is 2.94. The molecule has 1 saturated heterocycles. The standard InChI is InChI=1S/C12H15N3OS/c16-17(8-9-4-3-7-13-9)12-14-10-5-1-2-6-11(10)15-12/h1-2,5-6,9,13H,3-4,7-8H2,(H,14,15)/t9-,17+/m0/s1. The number of hydrogen-bond donors (Lipinski definition) is 2. The van der Waals surface area contributed by atoms with Gasteiger partial charge in [0.2, 0.25) is 0 Å². The van der Waals surface area contributed by atoms with Crippen LogP contribution < -0.4 is 5.32 Å². The Morgan fingerprint density at radius 3 is 3.06 bits per heavy atom. The number of aromatic amines is 1. The summed E-state index contributed by atoms with van der Waals surface area (Å²) in [6.07, 6.45) is 2.30. The van der Waals surface area contributed by atoms with Crippen molar-refractivity contribution in [3.8, 4) is 0 Å². The fourth-order valence-corrected chi connectivity index (χ4v) is 3.43. The lowest BCUT2D eigenvalue weighted by Gasteiger charge is -2.07. The van der Waals surface area contributed by atoms with Gasteiger partial charge in [0, 0.05) is 11.8 Å². The van der Waals surface area contributed by atoms with Crippen molar-refractivity contribution in [3.63, 3.8) is 0 Å². The molecule has 1 aromatic carbocycles. The van der Waals surface area contributed by atoms with Gasteiger partial charge in [-0.1, -0.05) is 12.1 Å². The number of fused-ring (bicyclic) bond motifs is 1. The van der Waals surface area contributed by atoms with Gasteiger partial charge in [-0.05, 0) is 31.5 Å². The van der Waals surface area contributed by atoms with Crippen LogP contribution in [0.1, 0.15) is 12.8 Å². The molecule has 1 aliphatic rings. The van der Waals surface area contributed by atoms with Crippen molar-refractivity contribution < 1.29 is 4.21 Å². The first-order valence-electron chi connectivity index (χ1n) is 5.89. The molecule has 0 amide bonds. The average Bonchev–Trinajstić information content (AvgIpc) is 2.96. The highest BCUT2D eigenvalue weighted by molar-refractivity contribution is 7.84. The molecule has 0 aliphatic carbocycles. The van der Waals surface area contributed by atoms with Gasteiger partial charge in [0.1, 0.15) is 0 Å². The van der Waals surface area contributed by atoms with Gasteiger partial charge in [0.25, 0.3) is 0 Å². The van der Waals surface area contributed by atoms with Crippen LogP contribution in [0.5, 0.6) is 0 Å². The Morgan fingerprint density at radius 2 is 2.29 bits per heavy atom. The van der Waals surface area contributed by atoms with Crippen LogP contribution in [0.4, 0.5) is 0 Å². The molecule has 0 radical (unpaired) electrons. The van der Waals surface area contributed by atoms with Crippen molar-refractivity contribution in [2.75, 3.05) is 12.3 Å². The number of nitrogens with one attached hydrogen (secondary N) is 2. The van der Waals surface area contributed by atoms with Crippen molar-refractivity contribution in [2.45, 2.75) is 24.0 Å². The van der Waals surface area contributed by atoms with Crippen molar-refractivity contribution >= 4 is 21.8 Å². The molecule has 5 heteroatoms. The molecule has 0 saturated carbocycles. The first-order valence-corrected chi connectivity index (χ1v) is 7.21. The molecule has 17 heavy (non-hydrogen) atoms. The fraction of sp³-hybridized carbons (Fsp3) is 0.417. The lowest BCUT2D eigenvalue weighted by Crippen LogP contribution is -2.27. The summed E-state index contributed by atoms with van der Waals surface area (Å²) in [6.45, 7) is 1.04. The maximum absolute atomic E-state index is 12.1. The monoisotopic (exact) mass is 249 g/mol. The summed E-state index contributed by atoms with van der Waals surface area (Å²) in [6, 6.07) is 8.15. The molecule has 4 nitrogen and oxygen atoms in total. The minimum atomic E-state index is -1.04. The fourth-order valence-electron chi connectivity index (χ4n) is 2.20. The largest absolute Gasteiger partial charge is 0.331 e. The van der Waals surface area contributed by atoms with Gasteiger partial charge in [-0.25, -0.2) is 4.98 Å². The van der Waals surface area contributed by atoms with Gasteiger partial charge in [-0.2, -0.15) is 0 Å². The number of H-pyrrole nitrogens is 1. The Bertz CT molecular complexity index is 512. The summed E-state index contributed by atoms with van der Waals surface area (Å²) < 4.78 is 12.1. The summed E-state index contributed by atoms with van der Waals surface area (Å²) in [4.78, 5) is 7.50. The van der Waals surface area contributed by atoms with E-state index in [1.807, 2.05) is 24.3 Å². The van der Waals surface area contributed by atoms with Crippen LogP contribution in [-0.2, 0) is 10.8 Å². The Morgan fingerprint density at radius 1 is 1.41 bits per heavy atom. The molecule has 90 valence electrons. The number of benzene rings is 1.